The van der Waals surface area contributed by atoms with Crippen LogP contribution in [0.2, 0.25) is 0 Å². The minimum Gasteiger partial charge on any atom is -0.480 e. The summed E-state index contributed by atoms with van der Waals surface area (Å²) in [4.78, 5) is 23.4. The van der Waals surface area contributed by atoms with Crippen molar-refractivity contribution in [3.8, 4) is 5.88 Å². The molecule has 2 aliphatic rings. The highest BCUT2D eigenvalue weighted by Crippen LogP contribution is 2.57. The summed E-state index contributed by atoms with van der Waals surface area (Å²) in [5.74, 6) is -1.21. The molecule has 2 aromatic rings. The van der Waals surface area contributed by atoms with Crippen molar-refractivity contribution < 1.29 is 37.4 Å². The lowest BCUT2D eigenvalue weighted by molar-refractivity contribution is -0.138. The molecule has 2 aliphatic heterocycles. The lowest BCUT2D eigenvalue weighted by atomic mass is 9.98. The average molecular weight is 460 g/mol. The molecule has 0 saturated carbocycles. The number of carboxylic acids is 1. The van der Waals surface area contributed by atoms with Crippen LogP contribution < -0.4 is 15.6 Å². The van der Waals surface area contributed by atoms with Gasteiger partial charge < -0.3 is 20.3 Å². The molecule has 2 saturated heterocycles. The number of alkyl halides is 1. The first-order valence-electron chi connectivity index (χ1n) is 9.46. The zero-order chi connectivity index (χ0) is 22.6. The third-order valence-corrected chi connectivity index (χ3v) is 6.70. The number of imidazole rings is 1. The lowest BCUT2D eigenvalue weighted by Crippen LogP contribution is -2.47. The van der Waals surface area contributed by atoms with Gasteiger partial charge in [-0.25, -0.2) is 19.0 Å². The van der Waals surface area contributed by atoms with E-state index in [2.05, 4.69) is 20.0 Å². The van der Waals surface area contributed by atoms with E-state index >= 15 is 4.39 Å². The largest absolute Gasteiger partial charge is 0.480 e. The van der Waals surface area contributed by atoms with E-state index in [9.17, 15) is 9.36 Å². The number of hydrogen-bond acceptors (Lipinski definition) is 10. The smallest absolute Gasteiger partial charge is 0.406 e. The molecule has 2 unspecified atom stereocenters. The first-order valence-corrected chi connectivity index (χ1v) is 11.0. The van der Waals surface area contributed by atoms with Gasteiger partial charge in [-0.3, -0.25) is 18.4 Å². The second-order valence-electron chi connectivity index (χ2n) is 7.33. The van der Waals surface area contributed by atoms with Gasteiger partial charge in [0.25, 0.3) is 0 Å². The van der Waals surface area contributed by atoms with E-state index in [1.807, 2.05) is 0 Å². The highest BCUT2D eigenvalue weighted by Gasteiger charge is 2.61. The van der Waals surface area contributed by atoms with Crippen LogP contribution in [-0.2, 0) is 23.1 Å². The Morgan fingerprint density at radius 2 is 2.32 bits per heavy atom. The number of halogens is 1. The molecule has 4 heterocycles. The third-order valence-electron chi connectivity index (χ3n) is 5.00. The second-order valence-corrected chi connectivity index (χ2v) is 9.05. The van der Waals surface area contributed by atoms with E-state index < -0.39 is 43.9 Å². The van der Waals surface area contributed by atoms with Crippen LogP contribution in [0.15, 0.2) is 6.33 Å². The molecule has 0 aromatic carbocycles. The summed E-state index contributed by atoms with van der Waals surface area (Å²) in [6.45, 7) is 4.29. The first-order chi connectivity index (χ1) is 14.6. The topological polar surface area (TPSA) is 173 Å². The molecule has 2 fully saturated rings. The Hall–Kier alpha value is -2.38. The number of carboxylic acid groups (broad SMARTS) is 1. The SMILES string of the molecule is CCOc1nc(N)nc2c1ncn2[C@@H]1O[C@@H]2COP(=O)(NC(C)C(=O)O)O[C@H]2[C@@]1(C)F. The molecule has 0 spiro atoms. The van der Waals surface area contributed by atoms with Crippen LogP contribution in [0.3, 0.4) is 0 Å². The zero-order valence-corrected chi connectivity index (χ0v) is 17.8. The van der Waals surface area contributed by atoms with Crippen molar-refractivity contribution in [2.24, 2.45) is 0 Å². The summed E-state index contributed by atoms with van der Waals surface area (Å²) in [6, 6.07) is -1.24. The molecule has 13 nitrogen and oxygen atoms in total. The van der Waals surface area contributed by atoms with Crippen molar-refractivity contribution >= 4 is 30.8 Å². The standard InChI is InChI=1S/C16H22FN6O7P/c1-4-27-12-9-11(20-15(18)21-12)23(6-19-9)14-16(3,17)10-8(29-14)5-28-31(26,30-10)22-7(2)13(24)25/h6-8,10,14H,4-5H2,1-3H3,(H,22,26)(H,24,25)(H2,18,20,21)/t7?,8-,10-,14-,16-,31?/m1/s1. The van der Waals surface area contributed by atoms with Crippen LogP contribution in [0, 0.1) is 0 Å². The number of aliphatic carboxylic acids is 1. The minimum absolute atomic E-state index is 0.0929. The number of anilines is 1. The van der Waals surface area contributed by atoms with Crippen LogP contribution in [0.4, 0.5) is 10.3 Å². The fourth-order valence-corrected chi connectivity index (χ4v) is 5.30. The molecule has 4 N–H and O–H groups in total. The maximum Gasteiger partial charge on any atom is 0.406 e. The van der Waals surface area contributed by atoms with Crippen LogP contribution in [-0.4, -0.2) is 67.7 Å². The van der Waals surface area contributed by atoms with Gasteiger partial charge in [0.15, 0.2) is 23.1 Å². The summed E-state index contributed by atoms with van der Waals surface area (Å²) in [7, 11) is -4.09. The van der Waals surface area contributed by atoms with Crippen LogP contribution in [0.5, 0.6) is 5.88 Å². The number of ether oxygens (including phenoxy) is 2. The Balaban J connectivity index is 1.66. The number of rotatable bonds is 6. The van der Waals surface area contributed by atoms with Gasteiger partial charge in [0.1, 0.15) is 18.2 Å². The molecule has 6 atom stereocenters. The number of carbonyl (C=O) groups is 1. The molecular formula is C16H22FN6O7P. The average Bonchev–Trinajstić information content (AvgIpc) is 3.20. The molecule has 31 heavy (non-hydrogen) atoms. The Kier molecular flexibility index (Phi) is 5.38. The summed E-state index contributed by atoms with van der Waals surface area (Å²) >= 11 is 0. The Bertz CT molecular complexity index is 1060. The maximum absolute atomic E-state index is 16.0. The number of nitrogens with two attached hydrogens (primary N) is 1. The lowest BCUT2D eigenvalue weighted by Gasteiger charge is -2.35. The Morgan fingerprint density at radius 1 is 1.58 bits per heavy atom. The summed E-state index contributed by atoms with van der Waals surface area (Å²) in [6.07, 6.45) is -2.18. The molecule has 0 aliphatic carbocycles. The van der Waals surface area contributed by atoms with Crippen molar-refractivity contribution in [1.29, 1.82) is 0 Å². The normalized spacial score (nSPS) is 33.9. The van der Waals surface area contributed by atoms with Gasteiger partial charge in [-0.15, -0.1) is 0 Å². The molecule has 0 bridgehead atoms. The van der Waals surface area contributed by atoms with Crippen molar-refractivity contribution in [3.63, 3.8) is 0 Å². The predicted octanol–water partition coefficient (Wildman–Crippen LogP) is 1.02. The molecule has 0 amide bonds. The van der Waals surface area contributed by atoms with Gasteiger partial charge in [-0.05, 0) is 20.8 Å². The second kappa shape index (κ2) is 7.64. The number of nitrogens with one attached hydrogen (secondary N) is 1. The maximum atomic E-state index is 16.0. The highest BCUT2D eigenvalue weighted by atomic mass is 31.2. The van der Waals surface area contributed by atoms with Gasteiger partial charge in [0, 0.05) is 0 Å². The van der Waals surface area contributed by atoms with Gasteiger partial charge in [-0.2, -0.15) is 9.97 Å². The van der Waals surface area contributed by atoms with Gasteiger partial charge >= 0.3 is 13.7 Å². The van der Waals surface area contributed by atoms with Crippen LogP contribution in [0.1, 0.15) is 27.0 Å². The molecule has 2 aromatic heterocycles. The Labute approximate surface area is 175 Å². The molecule has 15 heteroatoms. The van der Waals surface area contributed by atoms with Crippen molar-refractivity contribution in [1.82, 2.24) is 24.6 Å². The summed E-state index contributed by atoms with van der Waals surface area (Å²) in [5.41, 5.74) is 4.00. The fraction of sp³-hybridized carbons (Fsp3) is 0.625. The van der Waals surface area contributed by atoms with E-state index in [4.69, 9.17) is 29.4 Å². The third kappa shape index (κ3) is 3.74. The van der Waals surface area contributed by atoms with Crippen LogP contribution >= 0.6 is 7.75 Å². The van der Waals surface area contributed by atoms with E-state index in [1.54, 1.807) is 6.92 Å². The van der Waals surface area contributed by atoms with Crippen LogP contribution in [0.25, 0.3) is 11.2 Å². The number of nitrogens with zero attached hydrogens (tertiary/aromatic N) is 4. The molecule has 170 valence electrons. The summed E-state index contributed by atoms with van der Waals surface area (Å²) < 4.78 is 52.0. The van der Waals surface area contributed by atoms with Crippen molar-refractivity contribution in [2.75, 3.05) is 18.9 Å². The summed E-state index contributed by atoms with van der Waals surface area (Å²) in [5, 5.41) is 11.3. The predicted molar refractivity (Wildman–Crippen MR) is 103 cm³/mol. The van der Waals surface area contributed by atoms with E-state index in [0.29, 0.717) is 6.61 Å². The highest BCUT2D eigenvalue weighted by molar-refractivity contribution is 7.51. The zero-order valence-electron chi connectivity index (χ0n) is 16.9. The number of aromatic nitrogens is 4. The number of fused-ring (bicyclic) bond motifs is 2. The monoisotopic (exact) mass is 460 g/mol. The number of hydrogen-bond donors (Lipinski definition) is 3. The van der Waals surface area contributed by atoms with Gasteiger partial charge in [0.05, 0.1) is 19.5 Å². The Morgan fingerprint density at radius 3 is 3.00 bits per heavy atom. The van der Waals surface area contributed by atoms with Gasteiger partial charge in [0.2, 0.25) is 11.8 Å². The van der Waals surface area contributed by atoms with E-state index in [-0.39, 0.29) is 29.6 Å². The molecular weight excluding hydrogens is 438 g/mol. The fourth-order valence-electron chi connectivity index (χ4n) is 3.54. The first kappa shape index (κ1) is 21.8. The van der Waals surface area contributed by atoms with Gasteiger partial charge in [-0.1, -0.05) is 0 Å². The quantitative estimate of drug-likeness (QED) is 0.523. The van der Waals surface area contributed by atoms with E-state index in [1.165, 1.54) is 24.7 Å². The van der Waals surface area contributed by atoms with Crippen molar-refractivity contribution in [2.45, 2.75) is 50.9 Å². The van der Waals surface area contributed by atoms with E-state index in [0.717, 1.165) is 0 Å². The number of nitrogen functional groups attached to an aromatic ring is 1. The molecule has 4 rings (SSSR count). The minimum atomic E-state index is -4.09. The molecule has 0 radical (unpaired) electrons. The van der Waals surface area contributed by atoms with Crippen molar-refractivity contribution in [3.05, 3.63) is 6.33 Å².